The Morgan fingerprint density at radius 1 is 1.53 bits per heavy atom. The number of rotatable bonds is 3. The van der Waals surface area contributed by atoms with E-state index in [1.807, 2.05) is 11.3 Å². The molecule has 1 N–H and O–H groups in total. The SMILES string of the molecule is CC[C@@H]1N(Cc2cccs2)CCC[C@]12CCC(=O)N2. The summed E-state index contributed by atoms with van der Waals surface area (Å²) in [6.45, 7) is 4.45. The smallest absolute Gasteiger partial charge is 0.220 e. The lowest BCUT2D eigenvalue weighted by molar-refractivity contribution is -0.120. The molecule has 0 unspecified atom stereocenters. The Kier molecular flexibility index (Phi) is 3.63. The predicted octanol–water partition coefficient (Wildman–Crippen LogP) is 2.77. The second-order valence-corrected chi connectivity index (χ2v) is 6.81. The Labute approximate surface area is 119 Å². The summed E-state index contributed by atoms with van der Waals surface area (Å²) in [5.41, 5.74) is 0.0569. The molecule has 0 aromatic carbocycles. The zero-order valence-corrected chi connectivity index (χ0v) is 12.3. The predicted molar refractivity (Wildman–Crippen MR) is 78.1 cm³/mol. The van der Waals surface area contributed by atoms with Crippen LogP contribution in [0.3, 0.4) is 0 Å². The Hall–Kier alpha value is -0.870. The van der Waals surface area contributed by atoms with Crippen molar-refractivity contribution in [2.75, 3.05) is 6.54 Å². The van der Waals surface area contributed by atoms with Gasteiger partial charge in [0.2, 0.25) is 5.91 Å². The summed E-state index contributed by atoms with van der Waals surface area (Å²) in [7, 11) is 0. The van der Waals surface area contributed by atoms with E-state index < -0.39 is 0 Å². The van der Waals surface area contributed by atoms with Gasteiger partial charge < -0.3 is 5.32 Å². The highest BCUT2D eigenvalue weighted by molar-refractivity contribution is 7.09. The molecule has 2 saturated heterocycles. The molecular formula is C15H22N2OS. The van der Waals surface area contributed by atoms with Gasteiger partial charge >= 0.3 is 0 Å². The average Bonchev–Trinajstić information content (AvgIpc) is 3.01. The molecule has 2 aliphatic heterocycles. The lowest BCUT2D eigenvalue weighted by Gasteiger charge is -2.48. The second-order valence-electron chi connectivity index (χ2n) is 5.78. The van der Waals surface area contributed by atoms with Gasteiger partial charge in [-0.3, -0.25) is 9.69 Å². The van der Waals surface area contributed by atoms with E-state index in [9.17, 15) is 4.79 Å². The molecule has 0 saturated carbocycles. The number of hydrogen-bond acceptors (Lipinski definition) is 3. The maximum atomic E-state index is 11.7. The number of likely N-dealkylation sites (tertiary alicyclic amines) is 1. The van der Waals surface area contributed by atoms with Gasteiger partial charge in [-0.2, -0.15) is 0 Å². The molecule has 3 nitrogen and oxygen atoms in total. The molecule has 104 valence electrons. The molecular weight excluding hydrogens is 256 g/mol. The Morgan fingerprint density at radius 2 is 2.42 bits per heavy atom. The van der Waals surface area contributed by atoms with Gasteiger partial charge in [-0.15, -0.1) is 11.3 Å². The van der Waals surface area contributed by atoms with E-state index in [-0.39, 0.29) is 11.4 Å². The molecule has 4 heteroatoms. The highest BCUT2D eigenvalue weighted by Gasteiger charge is 2.47. The second kappa shape index (κ2) is 5.25. The minimum absolute atomic E-state index is 0.0569. The minimum Gasteiger partial charge on any atom is -0.349 e. The lowest BCUT2D eigenvalue weighted by atomic mass is 9.78. The summed E-state index contributed by atoms with van der Waals surface area (Å²) in [6, 6.07) is 4.83. The van der Waals surface area contributed by atoms with Gasteiger partial charge in [-0.1, -0.05) is 13.0 Å². The third-order valence-electron chi connectivity index (χ3n) is 4.66. The van der Waals surface area contributed by atoms with Gasteiger partial charge in [-0.25, -0.2) is 0 Å². The molecule has 3 heterocycles. The maximum Gasteiger partial charge on any atom is 0.220 e. The highest BCUT2D eigenvalue weighted by Crippen LogP contribution is 2.37. The van der Waals surface area contributed by atoms with Crippen LogP contribution >= 0.6 is 11.3 Å². The van der Waals surface area contributed by atoms with Crippen molar-refractivity contribution in [2.24, 2.45) is 0 Å². The fourth-order valence-corrected chi connectivity index (χ4v) is 4.62. The molecule has 19 heavy (non-hydrogen) atoms. The summed E-state index contributed by atoms with van der Waals surface area (Å²) in [4.78, 5) is 15.7. The molecule has 1 aromatic heterocycles. The monoisotopic (exact) mass is 278 g/mol. The minimum atomic E-state index is 0.0569. The first-order valence-corrected chi connectivity index (χ1v) is 8.19. The van der Waals surface area contributed by atoms with Crippen LogP contribution in [0.1, 0.15) is 43.9 Å². The van der Waals surface area contributed by atoms with Crippen LogP contribution in [0, 0.1) is 0 Å². The van der Waals surface area contributed by atoms with Crippen molar-refractivity contribution in [1.29, 1.82) is 0 Å². The van der Waals surface area contributed by atoms with Crippen LogP contribution in [0.25, 0.3) is 0 Å². The summed E-state index contributed by atoms with van der Waals surface area (Å²) in [5, 5.41) is 5.45. The van der Waals surface area contributed by atoms with Gasteiger partial charge in [0, 0.05) is 23.9 Å². The van der Waals surface area contributed by atoms with Gasteiger partial charge in [0.1, 0.15) is 0 Å². The van der Waals surface area contributed by atoms with E-state index in [0.29, 0.717) is 12.5 Å². The van der Waals surface area contributed by atoms with Crippen molar-refractivity contribution in [3.8, 4) is 0 Å². The summed E-state index contributed by atoms with van der Waals surface area (Å²) < 4.78 is 0. The number of carbonyl (C=O) groups is 1. The van der Waals surface area contributed by atoms with Crippen molar-refractivity contribution in [3.63, 3.8) is 0 Å². The van der Waals surface area contributed by atoms with Gasteiger partial charge in [0.05, 0.1) is 5.54 Å². The standard InChI is InChI=1S/C15H22N2OS/c1-2-13-15(8-6-14(18)16-15)7-4-9-17(13)11-12-5-3-10-19-12/h3,5,10,13H,2,4,6-9,11H2,1H3,(H,16,18)/t13-,15-/m0/s1. The molecule has 3 rings (SSSR count). The van der Waals surface area contributed by atoms with Gasteiger partial charge in [0.25, 0.3) is 0 Å². The van der Waals surface area contributed by atoms with Crippen LogP contribution in [0.4, 0.5) is 0 Å². The fraction of sp³-hybridized carbons (Fsp3) is 0.667. The molecule has 2 aliphatic rings. The number of nitrogens with zero attached hydrogens (tertiary/aromatic N) is 1. The van der Waals surface area contributed by atoms with Crippen molar-refractivity contribution in [2.45, 2.75) is 57.2 Å². The summed E-state index contributed by atoms with van der Waals surface area (Å²) in [6.07, 6.45) is 5.20. The average molecular weight is 278 g/mol. The summed E-state index contributed by atoms with van der Waals surface area (Å²) >= 11 is 1.83. The third kappa shape index (κ3) is 2.43. The fourth-order valence-electron chi connectivity index (χ4n) is 3.89. The molecule has 2 fully saturated rings. The largest absolute Gasteiger partial charge is 0.349 e. The van der Waals surface area contributed by atoms with E-state index in [4.69, 9.17) is 0 Å². The van der Waals surface area contributed by atoms with E-state index in [0.717, 1.165) is 32.4 Å². The molecule has 1 aromatic rings. The van der Waals surface area contributed by atoms with Crippen LogP contribution in [0.15, 0.2) is 17.5 Å². The number of amides is 1. The Balaban J connectivity index is 1.78. The van der Waals surface area contributed by atoms with Crippen molar-refractivity contribution in [1.82, 2.24) is 10.2 Å². The zero-order valence-electron chi connectivity index (χ0n) is 11.5. The number of hydrogen-bond donors (Lipinski definition) is 1. The van der Waals surface area contributed by atoms with E-state index >= 15 is 0 Å². The first kappa shape index (κ1) is 13.1. The van der Waals surface area contributed by atoms with Crippen molar-refractivity contribution >= 4 is 17.2 Å². The van der Waals surface area contributed by atoms with Crippen LogP contribution in [0.2, 0.25) is 0 Å². The van der Waals surface area contributed by atoms with Crippen molar-refractivity contribution in [3.05, 3.63) is 22.4 Å². The Morgan fingerprint density at radius 3 is 3.05 bits per heavy atom. The van der Waals surface area contributed by atoms with Crippen LogP contribution in [-0.4, -0.2) is 28.9 Å². The van der Waals surface area contributed by atoms with Crippen molar-refractivity contribution < 1.29 is 4.79 Å². The van der Waals surface area contributed by atoms with Crippen LogP contribution < -0.4 is 5.32 Å². The number of carbonyl (C=O) groups excluding carboxylic acids is 1. The van der Waals surface area contributed by atoms with Gasteiger partial charge in [0.15, 0.2) is 0 Å². The topological polar surface area (TPSA) is 32.3 Å². The number of piperidine rings is 1. The lowest BCUT2D eigenvalue weighted by Crippen LogP contribution is -2.61. The molecule has 0 aliphatic carbocycles. The molecule has 1 spiro atoms. The highest BCUT2D eigenvalue weighted by atomic mass is 32.1. The van der Waals surface area contributed by atoms with Crippen LogP contribution in [0.5, 0.6) is 0 Å². The number of thiophene rings is 1. The summed E-state index contributed by atoms with van der Waals surface area (Å²) in [5.74, 6) is 0.247. The van der Waals surface area contributed by atoms with E-state index in [2.05, 4.69) is 34.7 Å². The molecule has 0 radical (unpaired) electrons. The number of nitrogens with one attached hydrogen (secondary N) is 1. The quantitative estimate of drug-likeness (QED) is 0.922. The molecule has 0 bridgehead atoms. The first-order valence-electron chi connectivity index (χ1n) is 7.31. The van der Waals surface area contributed by atoms with Crippen LogP contribution in [-0.2, 0) is 11.3 Å². The molecule has 2 atom stereocenters. The third-order valence-corrected chi connectivity index (χ3v) is 5.52. The first-order chi connectivity index (χ1) is 9.23. The normalized spacial score (nSPS) is 31.8. The zero-order chi connectivity index (χ0) is 13.3. The Bertz CT molecular complexity index is 445. The maximum absolute atomic E-state index is 11.7. The van der Waals surface area contributed by atoms with Gasteiger partial charge in [-0.05, 0) is 43.7 Å². The molecule has 1 amide bonds. The van der Waals surface area contributed by atoms with E-state index in [1.54, 1.807) is 0 Å². The van der Waals surface area contributed by atoms with E-state index in [1.165, 1.54) is 11.3 Å².